The summed E-state index contributed by atoms with van der Waals surface area (Å²) in [7, 11) is 0. The van der Waals surface area contributed by atoms with E-state index in [-0.39, 0.29) is 0 Å². The molecule has 1 heteroatoms. The second-order valence-electron chi connectivity index (χ2n) is 2.85. The Balaban J connectivity index is 2.99. The molecule has 0 aromatic heterocycles. The van der Waals surface area contributed by atoms with E-state index in [1.54, 1.807) is 0 Å². The molecule has 0 saturated heterocycles. The quantitative estimate of drug-likeness (QED) is 0.575. The van der Waals surface area contributed by atoms with Crippen LogP contribution in [0.2, 0.25) is 0 Å². The molecule has 0 saturated carbocycles. The lowest BCUT2D eigenvalue weighted by atomic mass is 10.1. The van der Waals surface area contributed by atoms with Gasteiger partial charge in [-0.05, 0) is 25.5 Å². The van der Waals surface area contributed by atoms with Gasteiger partial charge in [0.25, 0.3) is 0 Å². The Morgan fingerprint density at radius 2 is 2.25 bits per heavy atom. The minimum absolute atomic E-state index is 0.737. The molecule has 0 unspecified atom stereocenters. The van der Waals surface area contributed by atoms with Gasteiger partial charge in [-0.1, -0.05) is 29.8 Å². The summed E-state index contributed by atoms with van der Waals surface area (Å²) in [6, 6.07) is 10.2. The largest absolute Gasteiger partial charge is 0.193 e. The van der Waals surface area contributed by atoms with E-state index in [4.69, 9.17) is 5.26 Å². The van der Waals surface area contributed by atoms with Gasteiger partial charge in [0, 0.05) is 5.57 Å². The number of hydrogen-bond acceptors (Lipinski definition) is 1. The molecule has 1 aromatic rings. The van der Waals surface area contributed by atoms with Crippen molar-refractivity contribution in [3.05, 3.63) is 41.0 Å². The fourth-order valence-corrected chi connectivity index (χ4v) is 1.04. The molecular weight excluding hydrogens is 146 g/mol. The molecule has 1 aromatic carbocycles. The van der Waals surface area contributed by atoms with Crippen LogP contribution in [0.4, 0.5) is 0 Å². The van der Waals surface area contributed by atoms with Crippen molar-refractivity contribution in [2.24, 2.45) is 0 Å². The molecule has 0 aliphatic carbocycles. The average molecular weight is 157 g/mol. The van der Waals surface area contributed by atoms with Gasteiger partial charge in [0.1, 0.15) is 0 Å². The van der Waals surface area contributed by atoms with Gasteiger partial charge in [-0.3, -0.25) is 0 Å². The third-order valence-electron chi connectivity index (χ3n) is 1.60. The number of hydrogen-bond donors (Lipinski definition) is 0. The minimum Gasteiger partial charge on any atom is -0.193 e. The van der Waals surface area contributed by atoms with Crippen LogP contribution >= 0.6 is 0 Å². The van der Waals surface area contributed by atoms with E-state index in [1.165, 1.54) is 5.56 Å². The molecule has 0 radical (unpaired) electrons. The van der Waals surface area contributed by atoms with Crippen LogP contribution in [0.3, 0.4) is 0 Å². The number of allylic oxidation sites excluding steroid dienone is 1. The summed E-state index contributed by atoms with van der Waals surface area (Å²) in [6.07, 6.45) is 1.88. The molecule has 0 fully saturated rings. The minimum atomic E-state index is 0.737. The van der Waals surface area contributed by atoms with Crippen LogP contribution in [-0.2, 0) is 0 Å². The van der Waals surface area contributed by atoms with Gasteiger partial charge < -0.3 is 0 Å². The Hall–Kier alpha value is -1.55. The summed E-state index contributed by atoms with van der Waals surface area (Å²) >= 11 is 0. The van der Waals surface area contributed by atoms with E-state index in [9.17, 15) is 0 Å². The molecule has 0 heterocycles. The molecule has 1 rings (SSSR count). The van der Waals surface area contributed by atoms with Crippen molar-refractivity contribution in [3.8, 4) is 6.07 Å². The second kappa shape index (κ2) is 3.73. The van der Waals surface area contributed by atoms with E-state index >= 15 is 0 Å². The number of nitriles is 1. The van der Waals surface area contributed by atoms with Crippen molar-refractivity contribution in [2.45, 2.75) is 13.8 Å². The molecule has 0 N–H and O–H groups in total. The van der Waals surface area contributed by atoms with Crippen LogP contribution in [0.25, 0.3) is 6.08 Å². The topological polar surface area (TPSA) is 23.8 Å². The molecule has 0 bridgehead atoms. The second-order valence-corrected chi connectivity index (χ2v) is 2.85. The van der Waals surface area contributed by atoms with Crippen LogP contribution < -0.4 is 0 Å². The van der Waals surface area contributed by atoms with Crippen LogP contribution in [-0.4, -0.2) is 0 Å². The Labute approximate surface area is 73.0 Å². The normalized spacial score (nSPS) is 10.9. The van der Waals surface area contributed by atoms with Gasteiger partial charge in [0.05, 0.1) is 6.07 Å². The third-order valence-corrected chi connectivity index (χ3v) is 1.60. The standard InChI is InChI=1S/C11H11N/c1-9-4-3-5-11(6-9)7-10(2)8-12/h3-7H,1-2H3/b10-7-. The van der Waals surface area contributed by atoms with Gasteiger partial charge >= 0.3 is 0 Å². The maximum atomic E-state index is 8.55. The Bertz CT molecular complexity index is 342. The zero-order chi connectivity index (χ0) is 8.97. The summed E-state index contributed by atoms with van der Waals surface area (Å²) in [5.41, 5.74) is 3.05. The van der Waals surface area contributed by atoms with Gasteiger partial charge in [-0.25, -0.2) is 0 Å². The van der Waals surface area contributed by atoms with Crippen molar-refractivity contribution < 1.29 is 0 Å². The van der Waals surface area contributed by atoms with Crippen molar-refractivity contribution in [2.75, 3.05) is 0 Å². The summed E-state index contributed by atoms with van der Waals surface area (Å²) in [5.74, 6) is 0. The van der Waals surface area contributed by atoms with Crippen molar-refractivity contribution in [3.63, 3.8) is 0 Å². The molecule has 12 heavy (non-hydrogen) atoms. The summed E-state index contributed by atoms with van der Waals surface area (Å²) in [4.78, 5) is 0. The molecule has 0 amide bonds. The predicted molar refractivity (Wildman–Crippen MR) is 50.4 cm³/mol. The lowest BCUT2D eigenvalue weighted by Gasteiger charge is -1.94. The van der Waals surface area contributed by atoms with E-state index in [0.29, 0.717) is 0 Å². The van der Waals surface area contributed by atoms with E-state index in [1.807, 2.05) is 38.1 Å². The Morgan fingerprint density at radius 3 is 2.83 bits per heavy atom. The van der Waals surface area contributed by atoms with Crippen molar-refractivity contribution >= 4 is 6.08 Å². The van der Waals surface area contributed by atoms with Crippen molar-refractivity contribution in [1.29, 1.82) is 5.26 Å². The first-order valence-corrected chi connectivity index (χ1v) is 3.87. The zero-order valence-electron chi connectivity index (χ0n) is 7.33. The average Bonchev–Trinajstić information content (AvgIpc) is 2.04. The number of aryl methyl sites for hydroxylation is 1. The lowest BCUT2D eigenvalue weighted by molar-refractivity contribution is 1.43. The zero-order valence-corrected chi connectivity index (χ0v) is 7.33. The van der Waals surface area contributed by atoms with Crippen molar-refractivity contribution in [1.82, 2.24) is 0 Å². The highest BCUT2D eigenvalue weighted by atomic mass is 14.2. The van der Waals surface area contributed by atoms with E-state index in [0.717, 1.165) is 11.1 Å². The van der Waals surface area contributed by atoms with Gasteiger partial charge in [0.15, 0.2) is 0 Å². The monoisotopic (exact) mass is 157 g/mol. The molecule has 0 spiro atoms. The smallest absolute Gasteiger partial charge is 0.0944 e. The third kappa shape index (κ3) is 2.25. The maximum absolute atomic E-state index is 8.55. The SMILES string of the molecule is C/C(C#N)=C/c1cccc(C)c1. The first-order chi connectivity index (χ1) is 5.72. The summed E-state index contributed by atoms with van der Waals surface area (Å²) in [5, 5.41) is 8.55. The Kier molecular flexibility index (Phi) is 2.66. The van der Waals surface area contributed by atoms with Crippen LogP contribution in [0.1, 0.15) is 18.1 Å². The fraction of sp³-hybridized carbons (Fsp3) is 0.182. The maximum Gasteiger partial charge on any atom is 0.0944 e. The summed E-state index contributed by atoms with van der Waals surface area (Å²) in [6.45, 7) is 3.85. The van der Waals surface area contributed by atoms with Gasteiger partial charge in [-0.2, -0.15) is 5.26 Å². The number of nitrogens with zero attached hydrogens (tertiary/aromatic N) is 1. The molecule has 60 valence electrons. The Morgan fingerprint density at radius 1 is 1.50 bits per heavy atom. The highest BCUT2D eigenvalue weighted by Gasteiger charge is 1.89. The number of rotatable bonds is 1. The first-order valence-electron chi connectivity index (χ1n) is 3.87. The fourth-order valence-electron chi connectivity index (χ4n) is 1.04. The molecule has 0 aliphatic heterocycles. The molecule has 0 atom stereocenters. The lowest BCUT2D eigenvalue weighted by Crippen LogP contribution is -1.76. The predicted octanol–water partition coefficient (Wildman–Crippen LogP) is 2.92. The molecule has 0 aliphatic rings. The number of benzene rings is 1. The molecular formula is C11H11N. The van der Waals surface area contributed by atoms with Crippen LogP contribution in [0, 0.1) is 18.3 Å². The molecule has 1 nitrogen and oxygen atoms in total. The van der Waals surface area contributed by atoms with Crippen LogP contribution in [0.15, 0.2) is 29.8 Å². The van der Waals surface area contributed by atoms with Gasteiger partial charge in [0.2, 0.25) is 0 Å². The van der Waals surface area contributed by atoms with Gasteiger partial charge in [-0.15, -0.1) is 0 Å². The first kappa shape index (κ1) is 8.55. The van der Waals surface area contributed by atoms with Crippen LogP contribution in [0.5, 0.6) is 0 Å². The highest BCUT2D eigenvalue weighted by Crippen LogP contribution is 2.08. The van der Waals surface area contributed by atoms with E-state index < -0.39 is 0 Å². The highest BCUT2D eigenvalue weighted by molar-refractivity contribution is 5.56. The van der Waals surface area contributed by atoms with E-state index in [2.05, 4.69) is 12.1 Å². The summed E-state index contributed by atoms with van der Waals surface area (Å²) < 4.78 is 0.